The maximum Gasteiger partial charge on any atom is 0.230 e. The van der Waals surface area contributed by atoms with Crippen LogP contribution in [0.1, 0.15) is 37.7 Å². The SMILES string of the molecule is COc1ccc(CCN2C(=O)C3CC3/C2=C/C2=CCCCC2)cc1OC. The summed E-state index contributed by atoms with van der Waals surface area (Å²) in [6, 6.07) is 5.99. The van der Waals surface area contributed by atoms with Crippen molar-refractivity contribution in [2.45, 2.75) is 38.5 Å². The molecule has 1 saturated heterocycles. The van der Waals surface area contributed by atoms with E-state index in [0.717, 1.165) is 42.9 Å². The van der Waals surface area contributed by atoms with Crippen LogP contribution in [0.25, 0.3) is 0 Å². The number of hydrogen-bond donors (Lipinski definition) is 0. The van der Waals surface area contributed by atoms with E-state index in [1.165, 1.54) is 30.5 Å². The molecule has 1 aliphatic heterocycles. The molecule has 2 aliphatic carbocycles. The largest absolute Gasteiger partial charge is 0.493 e. The predicted molar refractivity (Wildman–Crippen MR) is 101 cm³/mol. The summed E-state index contributed by atoms with van der Waals surface area (Å²) in [6.07, 6.45) is 11.4. The molecule has 3 aliphatic rings. The lowest BCUT2D eigenvalue weighted by atomic mass is 9.98. The molecule has 1 saturated carbocycles. The molecule has 0 bridgehead atoms. The topological polar surface area (TPSA) is 38.8 Å². The van der Waals surface area contributed by atoms with Gasteiger partial charge in [-0.25, -0.2) is 0 Å². The normalized spacial score (nSPS) is 25.9. The highest BCUT2D eigenvalue weighted by Crippen LogP contribution is 2.53. The Labute approximate surface area is 155 Å². The number of hydrogen-bond acceptors (Lipinski definition) is 3. The molecule has 2 fully saturated rings. The van der Waals surface area contributed by atoms with Crippen molar-refractivity contribution in [3.63, 3.8) is 0 Å². The molecule has 0 N–H and O–H groups in total. The van der Waals surface area contributed by atoms with Gasteiger partial charge in [-0.05, 0) is 62.3 Å². The number of carbonyl (C=O) groups is 1. The van der Waals surface area contributed by atoms with Crippen molar-refractivity contribution in [3.8, 4) is 11.5 Å². The number of ether oxygens (including phenoxy) is 2. The van der Waals surface area contributed by atoms with Crippen molar-refractivity contribution in [2.24, 2.45) is 11.8 Å². The summed E-state index contributed by atoms with van der Waals surface area (Å²) in [5.41, 5.74) is 3.84. The minimum atomic E-state index is 0.246. The highest BCUT2D eigenvalue weighted by Gasteiger charge is 2.55. The van der Waals surface area contributed by atoms with Gasteiger partial charge in [0.2, 0.25) is 5.91 Å². The van der Waals surface area contributed by atoms with Crippen LogP contribution in [0, 0.1) is 11.8 Å². The van der Waals surface area contributed by atoms with E-state index in [4.69, 9.17) is 9.47 Å². The number of benzene rings is 1. The van der Waals surface area contributed by atoms with E-state index < -0.39 is 0 Å². The van der Waals surface area contributed by atoms with E-state index >= 15 is 0 Å². The van der Waals surface area contributed by atoms with Crippen LogP contribution < -0.4 is 9.47 Å². The lowest BCUT2D eigenvalue weighted by Gasteiger charge is -2.22. The van der Waals surface area contributed by atoms with Gasteiger partial charge in [0.15, 0.2) is 11.5 Å². The lowest BCUT2D eigenvalue weighted by molar-refractivity contribution is -0.128. The van der Waals surface area contributed by atoms with Gasteiger partial charge in [0.25, 0.3) is 0 Å². The van der Waals surface area contributed by atoms with Crippen LogP contribution in [0.4, 0.5) is 0 Å². The van der Waals surface area contributed by atoms with Gasteiger partial charge in [-0.2, -0.15) is 0 Å². The fourth-order valence-electron chi connectivity index (χ4n) is 4.21. The molecule has 4 nitrogen and oxygen atoms in total. The zero-order valence-corrected chi connectivity index (χ0v) is 15.7. The van der Waals surface area contributed by atoms with Crippen LogP contribution in [-0.2, 0) is 11.2 Å². The molecule has 0 radical (unpaired) electrons. The van der Waals surface area contributed by atoms with E-state index in [-0.39, 0.29) is 5.92 Å². The average Bonchev–Trinajstić information content (AvgIpc) is 3.43. The van der Waals surface area contributed by atoms with Crippen molar-refractivity contribution < 1.29 is 14.3 Å². The highest BCUT2D eigenvalue weighted by atomic mass is 16.5. The number of amides is 1. The molecule has 4 heteroatoms. The molecule has 2 atom stereocenters. The number of likely N-dealkylation sites (tertiary alicyclic amines) is 1. The second kappa shape index (κ2) is 7.18. The molecule has 1 aromatic carbocycles. The van der Waals surface area contributed by atoms with Crippen molar-refractivity contribution in [2.75, 3.05) is 20.8 Å². The standard InChI is InChI=1S/C22H27NO3/c1-25-20-9-8-16(13-21(20)26-2)10-11-23-19(17-14-18(17)22(23)24)12-15-6-4-3-5-7-15/h6,8-9,12-13,17-18H,3-5,7,10-11,14H2,1-2H3/b19-12-. The predicted octanol–water partition coefficient (Wildman–Crippen LogP) is 4.11. The smallest absolute Gasteiger partial charge is 0.230 e. The number of piperidine rings is 1. The van der Waals surface area contributed by atoms with Crippen LogP contribution in [0.15, 0.2) is 41.6 Å². The third kappa shape index (κ3) is 3.25. The molecule has 0 spiro atoms. The number of carbonyl (C=O) groups excluding carboxylic acids is 1. The van der Waals surface area contributed by atoms with Crippen molar-refractivity contribution in [1.29, 1.82) is 0 Å². The van der Waals surface area contributed by atoms with E-state index in [2.05, 4.69) is 18.2 Å². The number of allylic oxidation sites excluding steroid dienone is 4. The summed E-state index contributed by atoms with van der Waals surface area (Å²) in [6.45, 7) is 0.737. The Bertz CT molecular complexity index is 765. The average molecular weight is 353 g/mol. The molecular formula is C22H27NO3. The Balaban J connectivity index is 1.49. The van der Waals surface area contributed by atoms with Gasteiger partial charge >= 0.3 is 0 Å². The highest BCUT2D eigenvalue weighted by molar-refractivity contribution is 5.88. The third-order valence-corrected chi connectivity index (χ3v) is 5.80. The second-order valence-corrected chi connectivity index (χ2v) is 7.47. The van der Waals surface area contributed by atoms with Crippen LogP contribution in [0.5, 0.6) is 11.5 Å². The van der Waals surface area contributed by atoms with Gasteiger partial charge in [-0.3, -0.25) is 4.79 Å². The Hall–Kier alpha value is -2.23. The maximum absolute atomic E-state index is 12.7. The molecule has 2 unspecified atom stereocenters. The zero-order chi connectivity index (χ0) is 18.1. The summed E-state index contributed by atoms with van der Waals surface area (Å²) in [5, 5.41) is 0. The van der Waals surface area contributed by atoms with E-state index in [0.29, 0.717) is 11.8 Å². The first-order chi connectivity index (χ1) is 12.7. The minimum absolute atomic E-state index is 0.246. The third-order valence-electron chi connectivity index (χ3n) is 5.80. The molecule has 138 valence electrons. The van der Waals surface area contributed by atoms with Gasteiger partial charge in [0.05, 0.1) is 14.2 Å². The molecule has 1 heterocycles. The van der Waals surface area contributed by atoms with Crippen molar-refractivity contribution >= 4 is 5.91 Å². The first kappa shape index (κ1) is 17.2. The Kier molecular flexibility index (Phi) is 4.75. The molecular weight excluding hydrogens is 326 g/mol. The lowest BCUT2D eigenvalue weighted by Crippen LogP contribution is -2.29. The van der Waals surface area contributed by atoms with Gasteiger partial charge < -0.3 is 14.4 Å². The van der Waals surface area contributed by atoms with Crippen LogP contribution >= 0.6 is 0 Å². The van der Waals surface area contributed by atoms with Gasteiger partial charge in [-0.15, -0.1) is 0 Å². The van der Waals surface area contributed by atoms with E-state index in [1.54, 1.807) is 14.2 Å². The molecule has 26 heavy (non-hydrogen) atoms. The number of methoxy groups -OCH3 is 2. The quantitative estimate of drug-likeness (QED) is 0.772. The van der Waals surface area contributed by atoms with Crippen LogP contribution in [0.3, 0.4) is 0 Å². The minimum Gasteiger partial charge on any atom is -0.493 e. The summed E-state index contributed by atoms with van der Waals surface area (Å²) in [4.78, 5) is 14.7. The Morgan fingerprint density at radius 2 is 2.00 bits per heavy atom. The summed E-state index contributed by atoms with van der Waals surface area (Å²) in [5.74, 6) is 2.51. The zero-order valence-electron chi connectivity index (χ0n) is 15.7. The fraction of sp³-hybridized carbons (Fsp3) is 0.500. The van der Waals surface area contributed by atoms with Crippen LogP contribution in [0.2, 0.25) is 0 Å². The van der Waals surface area contributed by atoms with Gasteiger partial charge in [0.1, 0.15) is 0 Å². The van der Waals surface area contributed by atoms with Crippen molar-refractivity contribution in [3.05, 3.63) is 47.2 Å². The maximum atomic E-state index is 12.7. The molecule has 1 amide bonds. The summed E-state index contributed by atoms with van der Waals surface area (Å²) in [7, 11) is 3.29. The fourth-order valence-corrected chi connectivity index (χ4v) is 4.21. The number of fused-ring (bicyclic) bond motifs is 1. The van der Waals surface area contributed by atoms with Crippen LogP contribution in [-0.4, -0.2) is 31.6 Å². The first-order valence-corrected chi connectivity index (χ1v) is 9.64. The molecule has 0 aromatic heterocycles. The second-order valence-electron chi connectivity index (χ2n) is 7.47. The Morgan fingerprint density at radius 3 is 2.73 bits per heavy atom. The monoisotopic (exact) mass is 353 g/mol. The molecule has 4 rings (SSSR count). The summed E-state index contributed by atoms with van der Waals surface area (Å²) < 4.78 is 10.7. The van der Waals surface area contributed by atoms with Gasteiger partial charge in [0, 0.05) is 24.1 Å². The number of nitrogens with zero attached hydrogens (tertiary/aromatic N) is 1. The van der Waals surface area contributed by atoms with Gasteiger partial charge in [-0.1, -0.05) is 17.7 Å². The number of rotatable bonds is 6. The summed E-state index contributed by atoms with van der Waals surface area (Å²) >= 11 is 0. The Morgan fingerprint density at radius 1 is 1.15 bits per heavy atom. The van der Waals surface area contributed by atoms with E-state index in [9.17, 15) is 4.79 Å². The first-order valence-electron chi connectivity index (χ1n) is 9.64. The van der Waals surface area contributed by atoms with Crippen molar-refractivity contribution in [1.82, 2.24) is 4.90 Å². The molecule has 1 aromatic rings. The van der Waals surface area contributed by atoms with E-state index in [1.807, 2.05) is 17.0 Å².